The fourth-order valence-electron chi connectivity index (χ4n) is 2.74. The first kappa shape index (κ1) is 14.5. The molecule has 0 N–H and O–H groups in total. The Hall–Kier alpha value is -2.43. The van der Waals surface area contributed by atoms with E-state index in [1.54, 1.807) is 23.1 Å². The van der Waals surface area contributed by atoms with Crippen molar-refractivity contribution < 1.29 is 14.3 Å². The Morgan fingerprint density at radius 1 is 1.27 bits per heavy atom. The lowest BCUT2D eigenvalue weighted by molar-refractivity contribution is -0.131. The fourth-order valence-corrected chi connectivity index (χ4v) is 2.74. The quantitative estimate of drug-likeness (QED) is 0.479. The highest BCUT2D eigenvalue weighted by atomic mass is 16.5. The molecule has 22 heavy (non-hydrogen) atoms. The SMILES string of the molecule is CC(=O)Oc1ccccc1/C=C1/N=C2CCCCCN2C1=O. The minimum Gasteiger partial charge on any atom is -0.426 e. The van der Waals surface area contributed by atoms with E-state index < -0.39 is 0 Å². The second-order valence-corrected chi connectivity index (χ2v) is 5.46. The third-order valence-corrected chi connectivity index (χ3v) is 3.77. The maximum atomic E-state index is 12.5. The molecule has 2 heterocycles. The Labute approximate surface area is 129 Å². The number of para-hydroxylation sites is 1. The van der Waals surface area contributed by atoms with Gasteiger partial charge >= 0.3 is 5.97 Å². The summed E-state index contributed by atoms with van der Waals surface area (Å²) < 4.78 is 5.17. The molecule has 5 heteroatoms. The summed E-state index contributed by atoms with van der Waals surface area (Å²) >= 11 is 0. The Bertz CT molecular complexity index is 676. The standard InChI is InChI=1S/C17H18N2O3/c1-12(20)22-15-8-5-4-7-13(15)11-14-17(21)19-10-6-2-3-9-16(19)18-14/h4-5,7-8,11H,2-3,6,9-10H2,1H3/b14-11+. The van der Waals surface area contributed by atoms with E-state index in [9.17, 15) is 9.59 Å². The zero-order valence-electron chi connectivity index (χ0n) is 12.5. The Balaban J connectivity index is 1.93. The van der Waals surface area contributed by atoms with Crippen molar-refractivity contribution in [3.63, 3.8) is 0 Å². The van der Waals surface area contributed by atoms with E-state index in [1.807, 2.05) is 12.1 Å². The van der Waals surface area contributed by atoms with Crippen molar-refractivity contribution in [1.29, 1.82) is 0 Å². The number of esters is 1. The number of amidine groups is 1. The number of rotatable bonds is 2. The highest BCUT2D eigenvalue weighted by molar-refractivity contribution is 6.14. The van der Waals surface area contributed by atoms with Gasteiger partial charge in [0.25, 0.3) is 5.91 Å². The number of carbonyl (C=O) groups excluding carboxylic acids is 2. The zero-order chi connectivity index (χ0) is 15.5. The summed E-state index contributed by atoms with van der Waals surface area (Å²) in [5.74, 6) is 0.856. The molecule has 1 aromatic carbocycles. The summed E-state index contributed by atoms with van der Waals surface area (Å²) in [5, 5.41) is 0. The second-order valence-electron chi connectivity index (χ2n) is 5.46. The molecule has 1 saturated heterocycles. The first-order valence-corrected chi connectivity index (χ1v) is 7.54. The smallest absolute Gasteiger partial charge is 0.308 e. The van der Waals surface area contributed by atoms with E-state index in [-0.39, 0.29) is 11.9 Å². The van der Waals surface area contributed by atoms with E-state index in [2.05, 4.69) is 4.99 Å². The molecule has 5 nitrogen and oxygen atoms in total. The molecule has 0 unspecified atom stereocenters. The zero-order valence-corrected chi connectivity index (χ0v) is 12.5. The van der Waals surface area contributed by atoms with Crippen LogP contribution < -0.4 is 4.74 Å². The van der Waals surface area contributed by atoms with Crippen LogP contribution in [0.4, 0.5) is 0 Å². The number of amides is 1. The van der Waals surface area contributed by atoms with Gasteiger partial charge in [-0.1, -0.05) is 24.6 Å². The highest BCUT2D eigenvalue weighted by Gasteiger charge is 2.30. The van der Waals surface area contributed by atoms with Gasteiger partial charge in [0.05, 0.1) is 0 Å². The average Bonchev–Trinajstić information content (AvgIpc) is 2.66. The summed E-state index contributed by atoms with van der Waals surface area (Å²) in [5.41, 5.74) is 1.10. The van der Waals surface area contributed by atoms with E-state index in [0.717, 1.165) is 38.1 Å². The van der Waals surface area contributed by atoms with Crippen LogP contribution in [-0.4, -0.2) is 29.2 Å². The molecule has 1 amide bonds. The number of benzene rings is 1. The van der Waals surface area contributed by atoms with E-state index in [4.69, 9.17) is 4.74 Å². The summed E-state index contributed by atoms with van der Waals surface area (Å²) in [7, 11) is 0. The molecule has 1 fully saturated rings. The van der Waals surface area contributed by atoms with Gasteiger partial charge in [-0.05, 0) is 25.0 Å². The lowest BCUT2D eigenvalue weighted by atomic mass is 10.1. The van der Waals surface area contributed by atoms with Crippen LogP contribution in [0.5, 0.6) is 5.75 Å². The largest absolute Gasteiger partial charge is 0.426 e. The molecule has 0 bridgehead atoms. The van der Waals surface area contributed by atoms with Gasteiger partial charge in [-0.3, -0.25) is 14.5 Å². The van der Waals surface area contributed by atoms with Crippen molar-refractivity contribution in [2.45, 2.75) is 32.6 Å². The normalized spacial score (nSPS) is 19.7. The molecule has 2 aliphatic heterocycles. The molecule has 0 atom stereocenters. The third-order valence-electron chi connectivity index (χ3n) is 3.77. The number of carbonyl (C=O) groups is 2. The highest BCUT2D eigenvalue weighted by Crippen LogP contribution is 2.27. The van der Waals surface area contributed by atoms with Crippen LogP contribution in [-0.2, 0) is 9.59 Å². The predicted molar refractivity (Wildman–Crippen MR) is 83.3 cm³/mol. The molecule has 0 aliphatic carbocycles. The van der Waals surface area contributed by atoms with Crippen LogP contribution in [0.25, 0.3) is 6.08 Å². The van der Waals surface area contributed by atoms with Crippen LogP contribution in [0.2, 0.25) is 0 Å². The Morgan fingerprint density at radius 2 is 2.09 bits per heavy atom. The van der Waals surface area contributed by atoms with E-state index in [1.165, 1.54) is 6.92 Å². The van der Waals surface area contributed by atoms with Crippen molar-refractivity contribution in [2.75, 3.05) is 6.54 Å². The van der Waals surface area contributed by atoms with Gasteiger partial charge in [-0.25, -0.2) is 4.99 Å². The van der Waals surface area contributed by atoms with Crippen molar-refractivity contribution in [3.05, 3.63) is 35.5 Å². The molecule has 0 aromatic heterocycles. The lowest BCUT2D eigenvalue weighted by Crippen LogP contribution is -2.31. The van der Waals surface area contributed by atoms with Crippen LogP contribution in [0.1, 0.15) is 38.2 Å². The van der Waals surface area contributed by atoms with Gasteiger partial charge in [0.1, 0.15) is 17.3 Å². The number of nitrogens with zero attached hydrogens (tertiary/aromatic N) is 2. The minimum absolute atomic E-state index is 0.0606. The minimum atomic E-state index is -0.385. The number of ether oxygens (including phenoxy) is 1. The van der Waals surface area contributed by atoms with Crippen LogP contribution in [0.3, 0.4) is 0 Å². The molecule has 3 rings (SSSR count). The first-order chi connectivity index (χ1) is 10.6. The molecular weight excluding hydrogens is 280 g/mol. The second kappa shape index (κ2) is 6.13. The van der Waals surface area contributed by atoms with Gasteiger partial charge in [-0.15, -0.1) is 0 Å². The topological polar surface area (TPSA) is 59.0 Å². The number of aliphatic imine (C=N–C) groups is 1. The van der Waals surface area contributed by atoms with Crippen LogP contribution in [0.15, 0.2) is 35.0 Å². The van der Waals surface area contributed by atoms with Gasteiger partial charge in [-0.2, -0.15) is 0 Å². The summed E-state index contributed by atoms with van der Waals surface area (Å²) in [6, 6.07) is 7.14. The third kappa shape index (κ3) is 2.93. The van der Waals surface area contributed by atoms with Gasteiger partial charge < -0.3 is 4.74 Å². The monoisotopic (exact) mass is 298 g/mol. The summed E-state index contributed by atoms with van der Waals surface area (Å²) in [4.78, 5) is 29.9. The van der Waals surface area contributed by atoms with Crippen molar-refractivity contribution in [3.8, 4) is 5.75 Å². The number of hydrogen-bond donors (Lipinski definition) is 0. The first-order valence-electron chi connectivity index (χ1n) is 7.54. The number of fused-ring (bicyclic) bond motifs is 1. The van der Waals surface area contributed by atoms with Gasteiger partial charge in [0.15, 0.2) is 0 Å². The summed E-state index contributed by atoms with van der Waals surface area (Å²) in [6.45, 7) is 2.09. The van der Waals surface area contributed by atoms with Crippen molar-refractivity contribution in [1.82, 2.24) is 4.90 Å². The Kier molecular flexibility index (Phi) is 4.04. The number of hydrogen-bond acceptors (Lipinski definition) is 4. The van der Waals surface area contributed by atoms with Crippen LogP contribution in [0, 0.1) is 0 Å². The maximum Gasteiger partial charge on any atom is 0.308 e. The van der Waals surface area contributed by atoms with Crippen LogP contribution >= 0.6 is 0 Å². The van der Waals surface area contributed by atoms with E-state index in [0.29, 0.717) is 17.0 Å². The molecule has 2 aliphatic rings. The average molecular weight is 298 g/mol. The Morgan fingerprint density at radius 3 is 2.91 bits per heavy atom. The molecule has 0 radical (unpaired) electrons. The predicted octanol–water partition coefficient (Wildman–Crippen LogP) is 2.77. The van der Waals surface area contributed by atoms with Crippen molar-refractivity contribution in [2.24, 2.45) is 4.99 Å². The molecule has 1 aromatic rings. The van der Waals surface area contributed by atoms with Crippen molar-refractivity contribution >= 4 is 23.8 Å². The van der Waals surface area contributed by atoms with Gasteiger partial charge in [0.2, 0.25) is 0 Å². The molecule has 114 valence electrons. The van der Waals surface area contributed by atoms with Gasteiger partial charge in [0, 0.05) is 25.5 Å². The summed E-state index contributed by atoms with van der Waals surface area (Å²) in [6.07, 6.45) is 5.76. The lowest BCUT2D eigenvalue weighted by Gasteiger charge is -2.14. The molecule has 0 spiro atoms. The fraction of sp³-hybridized carbons (Fsp3) is 0.353. The van der Waals surface area contributed by atoms with E-state index >= 15 is 0 Å². The maximum absolute atomic E-state index is 12.5. The molecule has 0 saturated carbocycles. The molecular formula is C17H18N2O3.